The molecule has 0 unspecified atom stereocenters. The van der Waals surface area contributed by atoms with Gasteiger partial charge < -0.3 is 20.2 Å². The molecule has 8 nitrogen and oxygen atoms in total. The standard InChI is InChI=1S/C20H22ClN5O3S/c1-25(11-12-29-17-9-5-15(21)6-10-17)18(27)13-30-20-24-23-19(26(20)22)14-3-7-16(28-2)8-4-14/h3-10H,11-13,22H2,1-2H3. The van der Waals surface area contributed by atoms with Crippen molar-refractivity contribution in [3.8, 4) is 22.9 Å². The van der Waals surface area contributed by atoms with Crippen LogP contribution in [0.1, 0.15) is 0 Å². The summed E-state index contributed by atoms with van der Waals surface area (Å²) in [4.78, 5) is 14.0. The van der Waals surface area contributed by atoms with Gasteiger partial charge in [-0.2, -0.15) is 0 Å². The largest absolute Gasteiger partial charge is 0.497 e. The van der Waals surface area contributed by atoms with Gasteiger partial charge in [0.05, 0.1) is 19.4 Å². The molecule has 0 fully saturated rings. The molecule has 10 heteroatoms. The van der Waals surface area contributed by atoms with E-state index in [2.05, 4.69) is 10.2 Å². The number of likely N-dealkylation sites (N-methyl/N-ethyl adjacent to an activating group) is 1. The lowest BCUT2D eigenvalue weighted by atomic mass is 10.2. The predicted octanol–water partition coefficient (Wildman–Crippen LogP) is 2.95. The van der Waals surface area contributed by atoms with Crippen molar-refractivity contribution in [3.05, 3.63) is 53.6 Å². The van der Waals surface area contributed by atoms with Gasteiger partial charge in [0.1, 0.15) is 18.1 Å². The minimum Gasteiger partial charge on any atom is -0.497 e. The lowest BCUT2D eigenvalue weighted by Crippen LogP contribution is -2.32. The first kappa shape index (κ1) is 21.8. The highest BCUT2D eigenvalue weighted by molar-refractivity contribution is 7.99. The Bertz CT molecular complexity index is 979. The maximum atomic E-state index is 12.4. The molecule has 0 aliphatic carbocycles. The Hall–Kier alpha value is -2.91. The molecule has 0 saturated heterocycles. The van der Waals surface area contributed by atoms with Crippen molar-refractivity contribution in [3.63, 3.8) is 0 Å². The predicted molar refractivity (Wildman–Crippen MR) is 117 cm³/mol. The lowest BCUT2D eigenvalue weighted by molar-refractivity contribution is -0.127. The third-order valence-corrected chi connectivity index (χ3v) is 5.45. The molecule has 2 aromatic carbocycles. The monoisotopic (exact) mass is 447 g/mol. The van der Waals surface area contributed by atoms with E-state index in [0.29, 0.717) is 34.9 Å². The van der Waals surface area contributed by atoms with Gasteiger partial charge in [-0.15, -0.1) is 10.2 Å². The number of ether oxygens (including phenoxy) is 2. The van der Waals surface area contributed by atoms with Crippen LogP contribution in [0.2, 0.25) is 5.02 Å². The smallest absolute Gasteiger partial charge is 0.232 e. The first-order chi connectivity index (χ1) is 14.5. The first-order valence-corrected chi connectivity index (χ1v) is 10.4. The summed E-state index contributed by atoms with van der Waals surface area (Å²) in [7, 11) is 3.33. The zero-order valence-electron chi connectivity index (χ0n) is 16.6. The van der Waals surface area contributed by atoms with E-state index in [9.17, 15) is 4.79 Å². The van der Waals surface area contributed by atoms with Crippen LogP contribution >= 0.6 is 23.4 Å². The van der Waals surface area contributed by atoms with Crippen LogP contribution in [0.15, 0.2) is 53.7 Å². The minimum absolute atomic E-state index is 0.0614. The van der Waals surface area contributed by atoms with Crippen LogP contribution in [0.3, 0.4) is 0 Å². The van der Waals surface area contributed by atoms with Crippen LogP contribution < -0.4 is 15.3 Å². The Morgan fingerprint density at radius 2 is 1.80 bits per heavy atom. The minimum atomic E-state index is -0.0614. The van der Waals surface area contributed by atoms with E-state index >= 15 is 0 Å². The highest BCUT2D eigenvalue weighted by Gasteiger charge is 2.15. The number of rotatable bonds is 9. The maximum absolute atomic E-state index is 12.4. The average Bonchev–Trinajstić information content (AvgIpc) is 3.13. The Balaban J connectivity index is 1.49. The van der Waals surface area contributed by atoms with Gasteiger partial charge in [0.25, 0.3) is 0 Å². The molecular formula is C20H22ClN5O3S. The van der Waals surface area contributed by atoms with E-state index in [1.807, 2.05) is 24.3 Å². The van der Waals surface area contributed by atoms with Crippen molar-refractivity contribution in [1.29, 1.82) is 0 Å². The molecule has 0 saturated carbocycles. The summed E-state index contributed by atoms with van der Waals surface area (Å²) in [6, 6.07) is 14.4. The molecule has 1 heterocycles. The summed E-state index contributed by atoms with van der Waals surface area (Å²) in [5, 5.41) is 9.32. The molecule has 0 aliphatic rings. The van der Waals surface area contributed by atoms with E-state index in [4.69, 9.17) is 26.9 Å². The number of hydrogen-bond acceptors (Lipinski definition) is 7. The third kappa shape index (κ3) is 5.58. The average molecular weight is 448 g/mol. The summed E-state index contributed by atoms with van der Waals surface area (Å²) < 4.78 is 12.1. The van der Waals surface area contributed by atoms with Crippen LogP contribution in [0.4, 0.5) is 0 Å². The summed E-state index contributed by atoms with van der Waals surface area (Å²) >= 11 is 7.08. The fourth-order valence-corrected chi connectivity index (χ4v) is 3.43. The highest BCUT2D eigenvalue weighted by atomic mass is 35.5. The molecule has 0 bridgehead atoms. The second-order valence-corrected chi connectivity index (χ2v) is 7.69. The first-order valence-electron chi connectivity index (χ1n) is 9.08. The van der Waals surface area contributed by atoms with Crippen molar-refractivity contribution < 1.29 is 14.3 Å². The Kier molecular flexibility index (Phi) is 7.42. The highest BCUT2D eigenvalue weighted by Crippen LogP contribution is 2.23. The van der Waals surface area contributed by atoms with Crippen LogP contribution in [0, 0.1) is 0 Å². The van der Waals surface area contributed by atoms with Gasteiger partial charge in [-0.05, 0) is 48.5 Å². The Labute approximate surface area is 183 Å². The van der Waals surface area contributed by atoms with Gasteiger partial charge in [-0.3, -0.25) is 4.79 Å². The number of aromatic nitrogens is 3. The Morgan fingerprint density at radius 1 is 1.13 bits per heavy atom. The summed E-state index contributed by atoms with van der Waals surface area (Å²) in [5.41, 5.74) is 0.806. The molecule has 3 aromatic rings. The van der Waals surface area contributed by atoms with Gasteiger partial charge in [-0.25, -0.2) is 4.68 Å². The number of methoxy groups -OCH3 is 1. The molecule has 1 amide bonds. The molecule has 0 aliphatic heterocycles. The normalized spacial score (nSPS) is 10.6. The lowest BCUT2D eigenvalue weighted by Gasteiger charge is -2.17. The number of hydrogen-bond donors (Lipinski definition) is 1. The van der Waals surface area contributed by atoms with Gasteiger partial charge in [0.2, 0.25) is 11.1 Å². The molecule has 0 atom stereocenters. The van der Waals surface area contributed by atoms with Crippen molar-refractivity contribution in [2.24, 2.45) is 0 Å². The van der Waals surface area contributed by atoms with Gasteiger partial charge >= 0.3 is 0 Å². The number of halogens is 1. The van der Waals surface area contributed by atoms with Crippen molar-refractivity contribution >= 4 is 29.3 Å². The number of benzene rings is 2. The van der Waals surface area contributed by atoms with Gasteiger partial charge in [0.15, 0.2) is 5.82 Å². The maximum Gasteiger partial charge on any atom is 0.232 e. The number of nitrogens with two attached hydrogens (primary N) is 1. The second kappa shape index (κ2) is 10.2. The topological polar surface area (TPSA) is 95.5 Å². The number of nitrogens with zero attached hydrogens (tertiary/aromatic N) is 4. The van der Waals surface area contributed by atoms with Crippen LogP contribution in [-0.4, -0.2) is 58.7 Å². The molecule has 0 spiro atoms. The molecular weight excluding hydrogens is 426 g/mol. The second-order valence-electron chi connectivity index (χ2n) is 6.31. The summed E-state index contributed by atoms with van der Waals surface area (Å²) in [5.74, 6) is 8.19. The van der Waals surface area contributed by atoms with Crippen molar-refractivity contribution in [2.45, 2.75) is 5.16 Å². The van der Waals surface area contributed by atoms with Crippen LogP contribution in [0.5, 0.6) is 11.5 Å². The number of amides is 1. The summed E-state index contributed by atoms with van der Waals surface area (Å²) in [6.07, 6.45) is 0. The molecule has 1 aromatic heterocycles. The van der Waals surface area contributed by atoms with Crippen LogP contribution in [-0.2, 0) is 4.79 Å². The van der Waals surface area contributed by atoms with Crippen LogP contribution in [0.25, 0.3) is 11.4 Å². The fraction of sp³-hybridized carbons (Fsp3) is 0.250. The van der Waals surface area contributed by atoms with E-state index < -0.39 is 0 Å². The molecule has 0 radical (unpaired) electrons. The van der Waals surface area contributed by atoms with Crippen molar-refractivity contribution in [2.75, 3.05) is 38.9 Å². The third-order valence-electron chi connectivity index (χ3n) is 4.27. The van der Waals surface area contributed by atoms with E-state index in [1.165, 1.54) is 16.4 Å². The van der Waals surface area contributed by atoms with E-state index in [1.54, 1.807) is 43.3 Å². The quantitative estimate of drug-likeness (QED) is 0.398. The molecule has 158 valence electrons. The number of carbonyl (C=O) groups is 1. The summed E-state index contributed by atoms with van der Waals surface area (Å²) in [6.45, 7) is 0.831. The van der Waals surface area contributed by atoms with E-state index in [-0.39, 0.29) is 11.7 Å². The van der Waals surface area contributed by atoms with Gasteiger partial charge in [0, 0.05) is 17.6 Å². The number of carbonyl (C=O) groups excluding carboxylic acids is 1. The SMILES string of the molecule is COc1ccc(-c2nnc(SCC(=O)N(C)CCOc3ccc(Cl)cc3)n2N)cc1. The fourth-order valence-electron chi connectivity index (χ4n) is 2.50. The van der Waals surface area contributed by atoms with Crippen molar-refractivity contribution in [1.82, 2.24) is 19.8 Å². The number of thioether (sulfide) groups is 1. The molecule has 3 rings (SSSR count). The number of nitrogen functional groups attached to an aromatic ring is 1. The zero-order valence-corrected chi connectivity index (χ0v) is 18.2. The molecule has 30 heavy (non-hydrogen) atoms. The zero-order chi connectivity index (χ0) is 21.5. The van der Waals surface area contributed by atoms with E-state index in [0.717, 1.165) is 11.3 Å². The molecule has 2 N–H and O–H groups in total. The Morgan fingerprint density at radius 3 is 2.47 bits per heavy atom. The van der Waals surface area contributed by atoms with Gasteiger partial charge in [-0.1, -0.05) is 23.4 Å².